The van der Waals surface area contributed by atoms with Crippen molar-refractivity contribution in [3.8, 4) is 5.75 Å². The summed E-state index contributed by atoms with van der Waals surface area (Å²) in [5.74, 6) is 0.536. The summed E-state index contributed by atoms with van der Waals surface area (Å²) in [6.07, 6.45) is 2.15. The van der Waals surface area contributed by atoms with E-state index in [1.54, 1.807) is 53.4 Å². The van der Waals surface area contributed by atoms with Gasteiger partial charge in [-0.3, -0.25) is 4.90 Å². The lowest BCUT2D eigenvalue weighted by molar-refractivity contribution is 0.152. The van der Waals surface area contributed by atoms with Crippen LogP contribution in [-0.2, 0) is 14.6 Å². The number of ether oxygens (including phenoxy) is 2. The summed E-state index contributed by atoms with van der Waals surface area (Å²) < 4.78 is 37.5. The van der Waals surface area contributed by atoms with Crippen LogP contribution in [0.25, 0.3) is 5.70 Å². The number of hydrogen-bond acceptors (Lipinski definition) is 5. The maximum Gasteiger partial charge on any atom is 0.414 e. The Balaban J connectivity index is 1.86. The first-order valence-electron chi connectivity index (χ1n) is 9.55. The van der Waals surface area contributed by atoms with Crippen molar-refractivity contribution in [1.29, 1.82) is 0 Å². The number of carbonyl (C=O) groups excluding carboxylic acids is 1. The van der Waals surface area contributed by atoms with Crippen molar-refractivity contribution in [1.82, 2.24) is 4.90 Å². The molecule has 2 aromatic carbocycles. The Bertz CT molecular complexity index is 1090. The van der Waals surface area contributed by atoms with Crippen LogP contribution in [0.4, 0.5) is 4.79 Å². The molecular formula is C22H23NO5S. The zero-order valence-corrected chi connectivity index (χ0v) is 17.4. The molecule has 2 heterocycles. The van der Waals surface area contributed by atoms with Crippen LogP contribution in [0.15, 0.2) is 64.4 Å². The second kappa shape index (κ2) is 6.91. The Labute approximate surface area is 170 Å². The van der Waals surface area contributed by atoms with Crippen LogP contribution in [0, 0.1) is 0 Å². The Morgan fingerprint density at radius 1 is 1.10 bits per heavy atom. The Morgan fingerprint density at radius 2 is 1.83 bits per heavy atom. The molecule has 7 heteroatoms. The zero-order chi connectivity index (χ0) is 20.8. The fourth-order valence-corrected chi connectivity index (χ4v) is 4.98. The predicted octanol–water partition coefficient (Wildman–Crippen LogP) is 4.26. The lowest BCUT2D eigenvalue weighted by atomic mass is 9.97. The molecule has 0 unspecified atom stereocenters. The maximum atomic E-state index is 13.1. The third-order valence-corrected chi connectivity index (χ3v) is 6.91. The van der Waals surface area contributed by atoms with Crippen LogP contribution in [0.3, 0.4) is 0 Å². The molecule has 0 aromatic heterocycles. The standard InChI is InChI=1S/C22H23NO5S/c1-4-15-14-27-21(24)23(15)19-13-22(2,3)28-20-11-10-17(12-18(19)20)29(25,26)16-8-6-5-7-9-16/h5-13,15H,4,14H2,1-3H3/t15-/m1/s1. The molecule has 152 valence electrons. The fraction of sp³-hybridized carbons (Fsp3) is 0.318. The monoisotopic (exact) mass is 413 g/mol. The summed E-state index contributed by atoms with van der Waals surface area (Å²) >= 11 is 0. The van der Waals surface area contributed by atoms with Gasteiger partial charge in [0.1, 0.15) is 18.0 Å². The minimum Gasteiger partial charge on any atom is -0.483 e. The van der Waals surface area contributed by atoms with E-state index in [4.69, 9.17) is 9.47 Å². The summed E-state index contributed by atoms with van der Waals surface area (Å²) in [6.45, 7) is 6.09. The molecule has 1 amide bonds. The minimum atomic E-state index is -3.70. The SMILES string of the molecule is CC[C@@H]1COC(=O)N1C1=CC(C)(C)Oc2ccc(S(=O)(=O)c3ccccc3)cc21. The molecule has 1 saturated heterocycles. The van der Waals surface area contributed by atoms with Crippen LogP contribution in [0.5, 0.6) is 5.75 Å². The predicted molar refractivity (Wildman–Crippen MR) is 108 cm³/mol. The molecule has 2 aromatic rings. The van der Waals surface area contributed by atoms with E-state index in [0.717, 1.165) is 6.42 Å². The molecule has 2 aliphatic rings. The highest BCUT2D eigenvalue weighted by molar-refractivity contribution is 7.91. The van der Waals surface area contributed by atoms with Crippen LogP contribution in [-0.4, -0.2) is 37.7 Å². The van der Waals surface area contributed by atoms with Gasteiger partial charge in [-0.1, -0.05) is 25.1 Å². The molecule has 0 aliphatic carbocycles. The van der Waals surface area contributed by atoms with Crippen LogP contribution in [0.1, 0.15) is 32.8 Å². The number of hydrogen-bond donors (Lipinski definition) is 0. The van der Waals surface area contributed by atoms with Gasteiger partial charge in [-0.2, -0.15) is 0 Å². The number of benzene rings is 2. The van der Waals surface area contributed by atoms with Crippen molar-refractivity contribution in [2.24, 2.45) is 0 Å². The first-order chi connectivity index (χ1) is 13.7. The molecule has 1 atom stereocenters. The highest BCUT2D eigenvalue weighted by atomic mass is 32.2. The average molecular weight is 413 g/mol. The lowest BCUT2D eigenvalue weighted by Crippen LogP contribution is -2.37. The van der Waals surface area contributed by atoms with Gasteiger partial charge < -0.3 is 9.47 Å². The quantitative estimate of drug-likeness (QED) is 0.749. The van der Waals surface area contributed by atoms with Crippen LogP contribution >= 0.6 is 0 Å². The average Bonchev–Trinajstić information content (AvgIpc) is 3.07. The maximum absolute atomic E-state index is 13.1. The molecule has 0 spiro atoms. The van der Waals surface area contributed by atoms with Gasteiger partial charge in [0.2, 0.25) is 9.84 Å². The zero-order valence-electron chi connectivity index (χ0n) is 16.6. The number of sulfone groups is 1. The topological polar surface area (TPSA) is 72.9 Å². The van der Waals surface area contributed by atoms with E-state index in [1.165, 1.54) is 0 Å². The van der Waals surface area contributed by atoms with Crippen molar-refractivity contribution < 1.29 is 22.7 Å². The molecule has 29 heavy (non-hydrogen) atoms. The molecule has 6 nitrogen and oxygen atoms in total. The van der Waals surface area contributed by atoms with Crippen molar-refractivity contribution in [2.75, 3.05) is 6.61 Å². The second-order valence-electron chi connectivity index (χ2n) is 7.72. The largest absolute Gasteiger partial charge is 0.483 e. The van der Waals surface area contributed by atoms with Crippen molar-refractivity contribution in [2.45, 2.75) is 48.6 Å². The van der Waals surface area contributed by atoms with E-state index in [2.05, 4.69) is 0 Å². The summed E-state index contributed by atoms with van der Waals surface area (Å²) in [6, 6.07) is 12.9. The number of fused-ring (bicyclic) bond motifs is 1. The van der Waals surface area contributed by atoms with E-state index in [9.17, 15) is 13.2 Å². The Kier molecular flexibility index (Phi) is 4.65. The van der Waals surface area contributed by atoms with Crippen LogP contribution in [0.2, 0.25) is 0 Å². The molecule has 4 rings (SSSR count). The van der Waals surface area contributed by atoms with Gasteiger partial charge in [0.15, 0.2) is 0 Å². The van der Waals surface area contributed by atoms with Gasteiger partial charge in [-0.15, -0.1) is 0 Å². The summed E-state index contributed by atoms with van der Waals surface area (Å²) in [5.41, 5.74) is 0.540. The second-order valence-corrected chi connectivity index (χ2v) is 9.67. The van der Waals surface area contributed by atoms with Crippen molar-refractivity contribution in [3.05, 3.63) is 60.2 Å². The normalized spacial score (nSPS) is 20.5. The van der Waals surface area contributed by atoms with Crippen molar-refractivity contribution in [3.63, 3.8) is 0 Å². The van der Waals surface area contributed by atoms with Crippen LogP contribution < -0.4 is 4.74 Å². The van der Waals surface area contributed by atoms with Gasteiger partial charge >= 0.3 is 6.09 Å². The van der Waals surface area contributed by atoms with Gasteiger partial charge in [-0.05, 0) is 56.7 Å². The molecule has 1 fully saturated rings. The first kappa shape index (κ1) is 19.5. The van der Waals surface area contributed by atoms with Gasteiger partial charge in [0.05, 0.1) is 21.5 Å². The summed E-state index contributed by atoms with van der Waals surface area (Å²) in [5, 5.41) is 0. The smallest absolute Gasteiger partial charge is 0.414 e. The highest BCUT2D eigenvalue weighted by Crippen LogP contribution is 2.41. The fourth-order valence-electron chi connectivity index (χ4n) is 3.68. The van der Waals surface area contributed by atoms with Gasteiger partial charge in [-0.25, -0.2) is 13.2 Å². The number of amides is 1. The van der Waals surface area contributed by atoms with Gasteiger partial charge in [0.25, 0.3) is 0 Å². The molecular weight excluding hydrogens is 390 g/mol. The van der Waals surface area contributed by atoms with Gasteiger partial charge in [0, 0.05) is 5.56 Å². The molecule has 0 radical (unpaired) electrons. The van der Waals surface area contributed by atoms with E-state index in [0.29, 0.717) is 23.6 Å². The number of nitrogens with zero attached hydrogens (tertiary/aromatic N) is 1. The Morgan fingerprint density at radius 3 is 2.52 bits per heavy atom. The summed E-state index contributed by atoms with van der Waals surface area (Å²) in [7, 11) is -3.70. The number of rotatable bonds is 4. The third kappa shape index (κ3) is 3.40. The first-order valence-corrected chi connectivity index (χ1v) is 11.0. The van der Waals surface area contributed by atoms with E-state index < -0.39 is 21.5 Å². The number of cyclic esters (lactones) is 1. The number of carbonyl (C=O) groups is 1. The third-order valence-electron chi connectivity index (χ3n) is 5.14. The lowest BCUT2D eigenvalue weighted by Gasteiger charge is -2.35. The Hall–Kier alpha value is -2.80. The van der Waals surface area contributed by atoms with E-state index in [-0.39, 0.29) is 15.8 Å². The van der Waals surface area contributed by atoms with E-state index in [1.807, 2.05) is 26.8 Å². The molecule has 0 N–H and O–H groups in total. The summed E-state index contributed by atoms with van der Waals surface area (Å²) in [4.78, 5) is 14.5. The minimum absolute atomic E-state index is 0.107. The highest BCUT2D eigenvalue weighted by Gasteiger charge is 2.39. The van der Waals surface area contributed by atoms with E-state index >= 15 is 0 Å². The molecule has 2 aliphatic heterocycles. The molecule has 0 bridgehead atoms. The molecule has 0 saturated carbocycles. The van der Waals surface area contributed by atoms with Crippen molar-refractivity contribution >= 4 is 21.6 Å².